The van der Waals surface area contributed by atoms with Gasteiger partial charge in [-0.05, 0) is 12.5 Å². The molecular weight excluding hydrogens is 274 g/mol. The molecule has 0 amide bonds. The highest BCUT2D eigenvalue weighted by atomic mass is 16.6. The zero-order valence-corrected chi connectivity index (χ0v) is 11.1. The first-order valence-electron chi connectivity index (χ1n) is 6.21. The molecule has 1 N–H and O–H groups in total. The molecule has 0 aliphatic rings. The predicted molar refractivity (Wildman–Crippen MR) is 74.2 cm³/mol. The number of aromatic amines is 1. The first-order chi connectivity index (χ1) is 10.1. The average Bonchev–Trinajstić information content (AvgIpc) is 2.92. The van der Waals surface area contributed by atoms with Crippen molar-refractivity contribution in [2.24, 2.45) is 0 Å². The van der Waals surface area contributed by atoms with Crippen molar-refractivity contribution >= 4 is 11.5 Å². The van der Waals surface area contributed by atoms with Crippen molar-refractivity contribution in [3.63, 3.8) is 0 Å². The molecule has 2 heterocycles. The summed E-state index contributed by atoms with van der Waals surface area (Å²) in [5, 5.41) is 13.5. The van der Waals surface area contributed by atoms with Gasteiger partial charge < -0.3 is 0 Å². The number of hydrogen-bond donors (Lipinski definition) is 1. The zero-order chi connectivity index (χ0) is 15.0. The van der Waals surface area contributed by atoms with Gasteiger partial charge in [0.25, 0.3) is 17.0 Å². The molecule has 106 valence electrons. The molecule has 0 radical (unpaired) electrons. The van der Waals surface area contributed by atoms with E-state index in [0.29, 0.717) is 22.6 Å². The maximum absolute atomic E-state index is 12.4. The SMILES string of the molecule is Cc1nc2nc[nH]n2c(=O)c1Cc1cccc([N+](=O)[O-])c1. The van der Waals surface area contributed by atoms with Gasteiger partial charge >= 0.3 is 0 Å². The largest absolute Gasteiger partial charge is 0.278 e. The molecule has 0 aliphatic heterocycles. The summed E-state index contributed by atoms with van der Waals surface area (Å²) in [6.07, 6.45) is 1.67. The molecule has 2 aromatic heterocycles. The summed E-state index contributed by atoms with van der Waals surface area (Å²) < 4.78 is 1.25. The monoisotopic (exact) mass is 285 g/mol. The van der Waals surface area contributed by atoms with E-state index in [1.807, 2.05) is 0 Å². The molecule has 0 unspecified atom stereocenters. The molecule has 3 aromatic rings. The van der Waals surface area contributed by atoms with Crippen molar-refractivity contribution in [1.82, 2.24) is 19.6 Å². The van der Waals surface area contributed by atoms with Crippen LogP contribution in [0.25, 0.3) is 5.78 Å². The molecule has 0 saturated carbocycles. The highest BCUT2D eigenvalue weighted by Gasteiger charge is 2.13. The molecule has 0 bridgehead atoms. The lowest BCUT2D eigenvalue weighted by Gasteiger charge is -2.05. The van der Waals surface area contributed by atoms with Crippen LogP contribution in [0.15, 0.2) is 35.4 Å². The van der Waals surface area contributed by atoms with Gasteiger partial charge in [0, 0.05) is 24.1 Å². The van der Waals surface area contributed by atoms with Crippen molar-refractivity contribution in [1.29, 1.82) is 0 Å². The number of nitrogens with one attached hydrogen (secondary N) is 1. The molecule has 8 heteroatoms. The molecule has 0 aliphatic carbocycles. The van der Waals surface area contributed by atoms with E-state index in [0.717, 1.165) is 0 Å². The molecule has 0 atom stereocenters. The Kier molecular flexibility index (Phi) is 2.98. The Labute approximate surface area is 118 Å². The van der Waals surface area contributed by atoms with E-state index in [4.69, 9.17) is 0 Å². The Hall–Kier alpha value is -3.03. The van der Waals surface area contributed by atoms with E-state index < -0.39 is 4.92 Å². The maximum Gasteiger partial charge on any atom is 0.277 e. The highest BCUT2D eigenvalue weighted by Crippen LogP contribution is 2.16. The minimum Gasteiger partial charge on any atom is -0.278 e. The van der Waals surface area contributed by atoms with E-state index in [-0.39, 0.29) is 17.7 Å². The van der Waals surface area contributed by atoms with Crippen molar-refractivity contribution in [3.05, 3.63) is 67.9 Å². The van der Waals surface area contributed by atoms with Crippen LogP contribution in [0.4, 0.5) is 5.69 Å². The first-order valence-corrected chi connectivity index (χ1v) is 6.21. The van der Waals surface area contributed by atoms with Crippen LogP contribution in [0.2, 0.25) is 0 Å². The van der Waals surface area contributed by atoms with Crippen LogP contribution in [0.1, 0.15) is 16.8 Å². The average molecular weight is 285 g/mol. The van der Waals surface area contributed by atoms with Gasteiger partial charge in [-0.2, -0.15) is 4.52 Å². The van der Waals surface area contributed by atoms with Crippen LogP contribution >= 0.6 is 0 Å². The van der Waals surface area contributed by atoms with Crippen molar-refractivity contribution in [2.75, 3.05) is 0 Å². The molecule has 0 spiro atoms. The van der Waals surface area contributed by atoms with Crippen LogP contribution in [-0.4, -0.2) is 24.5 Å². The van der Waals surface area contributed by atoms with Gasteiger partial charge in [-0.25, -0.2) is 9.97 Å². The summed E-state index contributed by atoms with van der Waals surface area (Å²) in [4.78, 5) is 30.9. The number of nitro benzene ring substituents is 1. The van der Waals surface area contributed by atoms with Crippen molar-refractivity contribution in [3.8, 4) is 0 Å². The van der Waals surface area contributed by atoms with E-state index >= 15 is 0 Å². The van der Waals surface area contributed by atoms with Gasteiger partial charge in [0.1, 0.15) is 6.33 Å². The lowest BCUT2D eigenvalue weighted by Crippen LogP contribution is -2.22. The van der Waals surface area contributed by atoms with Gasteiger partial charge in [0.05, 0.1) is 10.6 Å². The zero-order valence-electron chi connectivity index (χ0n) is 11.1. The fourth-order valence-corrected chi connectivity index (χ4v) is 2.18. The summed E-state index contributed by atoms with van der Waals surface area (Å²) in [5.74, 6) is 0.306. The fourth-order valence-electron chi connectivity index (χ4n) is 2.18. The topological polar surface area (TPSA) is 106 Å². The standard InChI is InChI=1S/C13H11N5O3/c1-8-11(12(19)17-13(16-8)14-7-15-17)6-9-3-2-4-10(5-9)18(20)21/h2-5,7H,6H2,1H3,(H,14,15,16). The minimum absolute atomic E-state index is 0.000771. The number of fused-ring (bicyclic) bond motifs is 1. The van der Waals surface area contributed by atoms with Gasteiger partial charge in [0.2, 0.25) is 0 Å². The van der Waals surface area contributed by atoms with Crippen LogP contribution < -0.4 is 5.56 Å². The van der Waals surface area contributed by atoms with Crippen molar-refractivity contribution < 1.29 is 4.92 Å². The third-order valence-corrected chi connectivity index (χ3v) is 3.23. The van der Waals surface area contributed by atoms with Crippen LogP contribution in [0.3, 0.4) is 0 Å². The summed E-state index contributed by atoms with van der Waals surface area (Å²) in [6, 6.07) is 6.22. The highest BCUT2D eigenvalue weighted by molar-refractivity contribution is 5.38. The number of hydrogen-bond acceptors (Lipinski definition) is 5. The lowest BCUT2D eigenvalue weighted by atomic mass is 10.0. The molecule has 0 fully saturated rings. The number of nitro groups is 1. The van der Waals surface area contributed by atoms with Gasteiger partial charge in [-0.3, -0.25) is 20.0 Å². The number of nitrogens with zero attached hydrogens (tertiary/aromatic N) is 4. The number of non-ortho nitro benzene ring substituents is 1. The van der Waals surface area contributed by atoms with Gasteiger partial charge in [-0.15, -0.1) is 0 Å². The number of benzene rings is 1. The molecule has 3 rings (SSSR count). The normalized spacial score (nSPS) is 10.9. The summed E-state index contributed by atoms with van der Waals surface area (Å²) in [5.41, 5.74) is 1.49. The van der Waals surface area contributed by atoms with Gasteiger partial charge in [0.15, 0.2) is 0 Å². The Balaban J connectivity index is 2.07. The van der Waals surface area contributed by atoms with E-state index in [9.17, 15) is 14.9 Å². The molecule has 0 saturated heterocycles. The van der Waals surface area contributed by atoms with E-state index in [1.165, 1.54) is 23.0 Å². The second-order valence-corrected chi connectivity index (χ2v) is 4.61. The second kappa shape index (κ2) is 4.82. The summed E-state index contributed by atoms with van der Waals surface area (Å²) in [6.45, 7) is 1.72. The van der Waals surface area contributed by atoms with E-state index in [2.05, 4.69) is 15.1 Å². The third kappa shape index (κ3) is 2.27. The van der Waals surface area contributed by atoms with Crippen molar-refractivity contribution in [2.45, 2.75) is 13.3 Å². The smallest absolute Gasteiger partial charge is 0.277 e. The van der Waals surface area contributed by atoms with E-state index in [1.54, 1.807) is 19.1 Å². The first kappa shape index (κ1) is 13.0. The Morgan fingerprint density at radius 2 is 2.24 bits per heavy atom. The number of aryl methyl sites for hydroxylation is 1. The summed E-state index contributed by atoms with van der Waals surface area (Å²) in [7, 11) is 0. The Morgan fingerprint density at radius 3 is 3.00 bits per heavy atom. The third-order valence-electron chi connectivity index (χ3n) is 3.23. The predicted octanol–water partition coefficient (Wildman–Crippen LogP) is 1.23. The quantitative estimate of drug-likeness (QED) is 0.575. The van der Waals surface area contributed by atoms with Gasteiger partial charge in [-0.1, -0.05) is 12.1 Å². The fraction of sp³-hybridized carbons (Fsp3) is 0.154. The second-order valence-electron chi connectivity index (χ2n) is 4.61. The number of rotatable bonds is 3. The number of aromatic nitrogens is 4. The Bertz CT molecular complexity index is 896. The maximum atomic E-state index is 12.4. The minimum atomic E-state index is -0.459. The molecule has 8 nitrogen and oxygen atoms in total. The molecule has 21 heavy (non-hydrogen) atoms. The Morgan fingerprint density at radius 1 is 1.43 bits per heavy atom. The molecular formula is C13H11N5O3. The van der Waals surface area contributed by atoms with Crippen LogP contribution in [-0.2, 0) is 6.42 Å². The summed E-state index contributed by atoms with van der Waals surface area (Å²) >= 11 is 0. The molecule has 1 aromatic carbocycles. The van der Waals surface area contributed by atoms with Crippen LogP contribution in [0, 0.1) is 17.0 Å². The number of H-pyrrole nitrogens is 1. The lowest BCUT2D eigenvalue weighted by molar-refractivity contribution is -0.384. The van der Waals surface area contributed by atoms with Crippen LogP contribution in [0.5, 0.6) is 0 Å².